The lowest BCUT2D eigenvalue weighted by Gasteiger charge is -2.29. The van der Waals surface area contributed by atoms with Crippen LogP contribution in [0.15, 0.2) is 24.3 Å². The van der Waals surface area contributed by atoms with Crippen LogP contribution in [0.5, 0.6) is 0 Å². The molecule has 1 saturated heterocycles. The smallest absolute Gasteiger partial charge is 0.227 e. The van der Waals surface area contributed by atoms with E-state index in [2.05, 4.69) is 15.9 Å². The van der Waals surface area contributed by atoms with Crippen molar-refractivity contribution in [2.24, 2.45) is 0 Å². The van der Waals surface area contributed by atoms with Gasteiger partial charge in [0, 0.05) is 22.9 Å². The summed E-state index contributed by atoms with van der Waals surface area (Å²) in [6.07, 6.45) is 5.05. The van der Waals surface area contributed by atoms with Crippen LogP contribution >= 0.6 is 27.5 Å². The van der Waals surface area contributed by atoms with E-state index in [0.717, 1.165) is 30.3 Å². The van der Waals surface area contributed by atoms with Crippen molar-refractivity contribution in [3.05, 3.63) is 34.9 Å². The van der Waals surface area contributed by atoms with Crippen LogP contribution in [0.3, 0.4) is 0 Å². The van der Waals surface area contributed by atoms with Crippen molar-refractivity contribution in [2.75, 3.05) is 11.9 Å². The van der Waals surface area contributed by atoms with E-state index in [9.17, 15) is 4.79 Å². The van der Waals surface area contributed by atoms with Crippen LogP contribution in [0.1, 0.15) is 31.2 Å². The summed E-state index contributed by atoms with van der Waals surface area (Å²) in [6, 6.07) is 7.93. The molecule has 1 aliphatic rings. The van der Waals surface area contributed by atoms with Crippen molar-refractivity contribution in [3.63, 3.8) is 0 Å². The van der Waals surface area contributed by atoms with Crippen molar-refractivity contribution in [2.45, 2.75) is 38.1 Å². The summed E-state index contributed by atoms with van der Waals surface area (Å²) in [7, 11) is 0. The van der Waals surface area contributed by atoms with E-state index >= 15 is 0 Å². The van der Waals surface area contributed by atoms with Gasteiger partial charge in [-0.05, 0) is 24.5 Å². The highest BCUT2D eigenvalue weighted by molar-refractivity contribution is 9.09. The lowest BCUT2D eigenvalue weighted by atomic mass is 10.1. The van der Waals surface area contributed by atoms with Gasteiger partial charge in [0.2, 0.25) is 5.91 Å². The maximum absolute atomic E-state index is 12.5. The Bertz CT molecular complexity index is 438. The van der Waals surface area contributed by atoms with Crippen molar-refractivity contribution in [1.82, 2.24) is 4.90 Å². The van der Waals surface area contributed by atoms with Gasteiger partial charge in [0.1, 0.15) is 0 Å². The molecule has 0 aromatic heterocycles. The second kappa shape index (κ2) is 7.30. The van der Waals surface area contributed by atoms with Gasteiger partial charge >= 0.3 is 0 Å². The largest absolute Gasteiger partial charge is 0.339 e. The molecule has 1 aromatic carbocycles. The zero-order valence-electron chi connectivity index (χ0n) is 10.9. The minimum absolute atomic E-state index is 0.194. The number of nitrogens with zero attached hydrogens (tertiary/aromatic N) is 1. The summed E-state index contributed by atoms with van der Waals surface area (Å²) in [6.45, 7) is 0.875. The van der Waals surface area contributed by atoms with E-state index in [4.69, 9.17) is 11.6 Å². The standard InChI is InChI=1S/C15H19BrClNO/c16-11-13-7-2-1-5-9-18(13)15(19)10-12-6-3-4-8-14(12)17/h3-4,6,8,13H,1-2,5,7,9-11H2. The summed E-state index contributed by atoms with van der Waals surface area (Å²) in [5.74, 6) is 0.194. The van der Waals surface area contributed by atoms with Gasteiger partial charge in [-0.25, -0.2) is 0 Å². The molecule has 2 nitrogen and oxygen atoms in total. The number of carbonyl (C=O) groups is 1. The molecule has 0 radical (unpaired) electrons. The molecule has 0 spiro atoms. The molecule has 0 bridgehead atoms. The first-order chi connectivity index (χ1) is 9.22. The second-order valence-electron chi connectivity index (χ2n) is 5.01. The number of benzene rings is 1. The highest BCUT2D eigenvalue weighted by Crippen LogP contribution is 2.21. The number of rotatable bonds is 3. The Balaban J connectivity index is 2.07. The van der Waals surface area contributed by atoms with Crippen LogP contribution in [0, 0.1) is 0 Å². The molecule has 0 saturated carbocycles. The van der Waals surface area contributed by atoms with Crippen molar-refractivity contribution >= 4 is 33.4 Å². The van der Waals surface area contributed by atoms with Crippen LogP contribution in [-0.2, 0) is 11.2 Å². The Labute approximate surface area is 128 Å². The summed E-state index contributed by atoms with van der Waals surface area (Å²) in [5, 5.41) is 1.54. The van der Waals surface area contributed by atoms with E-state index in [1.54, 1.807) is 0 Å². The van der Waals surface area contributed by atoms with Crippen LogP contribution in [0.25, 0.3) is 0 Å². The summed E-state index contributed by atoms with van der Waals surface area (Å²) < 4.78 is 0. The highest BCUT2D eigenvalue weighted by Gasteiger charge is 2.24. The van der Waals surface area contributed by atoms with Gasteiger partial charge in [-0.3, -0.25) is 4.79 Å². The van der Waals surface area contributed by atoms with Gasteiger partial charge in [0.05, 0.1) is 6.42 Å². The SMILES string of the molecule is O=C(Cc1ccccc1Cl)N1CCCCCC1CBr. The lowest BCUT2D eigenvalue weighted by molar-refractivity contribution is -0.132. The summed E-state index contributed by atoms with van der Waals surface area (Å²) in [4.78, 5) is 14.5. The first-order valence-electron chi connectivity index (χ1n) is 6.81. The molecular formula is C15H19BrClNO. The van der Waals surface area contributed by atoms with Crippen molar-refractivity contribution in [1.29, 1.82) is 0 Å². The van der Waals surface area contributed by atoms with E-state index < -0.39 is 0 Å². The molecular weight excluding hydrogens is 326 g/mol. The first kappa shape index (κ1) is 14.9. The third-order valence-corrected chi connectivity index (χ3v) is 4.79. The molecule has 1 fully saturated rings. The van der Waals surface area contributed by atoms with Crippen molar-refractivity contribution < 1.29 is 4.79 Å². The number of amides is 1. The molecule has 104 valence electrons. The monoisotopic (exact) mass is 343 g/mol. The molecule has 0 aliphatic carbocycles. The predicted molar refractivity (Wildman–Crippen MR) is 82.9 cm³/mol. The molecule has 1 aromatic rings. The van der Waals surface area contributed by atoms with Gasteiger partial charge in [-0.15, -0.1) is 0 Å². The molecule has 2 rings (SSSR count). The van der Waals surface area contributed by atoms with Crippen LogP contribution in [-0.4, -0.2) is 28.7 Å². The van der Waals surface area contributed by atoms with E-state index in [1.165, 1.54) is 12.8 Å². The molecule has 1 aliphatic heterocycles. The van der Waals surface area contributed by atoms with E-state index in [0.29, 0.717) is 17.5 Å². The minimum atomic E-state index is 0.194. The average Bonchev–Trinajstić information content (AvgIpc) is 2.66. The van der Waals surface area contributed by atoms with Gasteiger partial charge in [-0.1, -0.05) is 58.6 Å². The zero-order chi connectivity index (χ0) is 13.7. The Kier molecular flexibility index (Phi) is 5.71. The quantitative estimate of drug-likeness (QED) is 0.758. The number of carbonyl (C=O) groups excluding carboxylic acids is 1. The zero-order valence-corrected chi connectivity index (χ0v) is 13.3. The average molecular weight is 345 g/mol. The fourth-order valence-corrected chi connectivity index (χ4v) is 3.45. The highest BCUT2D eigenvalue weighted by atomic mass is 79.9. The molecule has 0 N–H and O–H groups in total. The third kappa shape index (κ3) is 3.96. The maximum atomic E-state index is 12.5. The summed E-state index contributed by atoms with van der Waals surface area (Å²) in [5.41, 5.74) is 0.923. The second-order valence-corrected chi connectivity index (χ2v) is 6.07. The number of likely N-dealkylation sites (tertiary alicyclic amines) is 1. The molecule has 1 amide bonds. The third-order valence-electron chi connectivity index (χ3n) is 3.68. The Morgan fingerprint density at radius 2 is 2.11 bits per heavy atom. The van der Waals surface area contributed by atoms with Crippen LogP contribution < -0.4 is 0 Å². The van der Waals surface area contributed by atoms with E-state index in [-0.39, 0.29) is 5.91 Å². The van der Waals surface area contributed by atoms with E-state index in [1.807, 2.05) is 29.2 Å². The Hall–Kier alpha value is -0.540. The van der Waals surface area contributed by atoms with Gasteiger partial charge in [0.15, 0.2) is 0 Å². The lowest BCUT2D eigenvalue weighted by Crippen LogP contribution is -2.41. The van der Waals surface area contributed by atoms with Gasteiger partial charge < -0.3 is 4.90 Å². The normalized spacial score (nSPS) is 20.1. The topological polar surface area (TPSA) is 20.3 Å². The Morgan fingerprint density at radius 3 is 2.84 bits per heavy atom. The first-order valence-corrected chi connectivity index (χ1v) is 8.31. The number of halogens is 2. The van der Waals surface area contributed by atoms with Crippen LogP contribution in [0.4, 0.5) is 0 Å². The predicted octanol–water partition coefficient (Wildman–Crippen LogP) is 4.05. The van der Waals surface area contributed by atoms with Crippen LogP contribution in [0.2, 0.25) is 5.02 Å². The fraction of sp³-hybridized carbons (Fsp3) is 0.533. The maximum Gasteiger partial charge on any atom is 0.227 e. The number of hydrogen-bond acceptors (Lipinski definition) is 1. The number of alkyl halides is 1. The molecule has 1 atom stereocenters. The van der Waals surface area contributed by atoms with Gasteiger partial charge in [0.25, 0.3) is 0 Å². The minimum Gasteiger partial charge on any atom is -0.339 e. The molecule has 1 unspecified atom stereocenters. The molecule has 1 heterocycles. The summed E-state index contributed by atoms with van der Waals surface area (Å²) >= 11 is 9.66. The van der Waals surface area contributed by atoms with Crippen molar-refractivity contribution in [3.8, 4) is 0 Å². The molecule has 19 heavy (non-hydrogen) atoms. The molecule has 4 heteroatoms. The number of hydrogen-bond donors (Lipinski definition) is 0. The fourth-order valence-electron chi connectivity index (χ4n) is 2.57. The van der Waals surface area contributed by atoms with Gasteiger partial charge in [-0.2, -0.15) is 0 Å². The Morgan fingerprint density at radius 1 is 1.32 bits per heavy atom.